The summed E-state index contributed by atoms with van der Waals surface area (Å²) in [6.45, 7) is 0.433. The van der Waals surface area contributed by atoms with E-state index in [1.807, 2.05) is 0 Å². The maximum absolute atomic E-state index is 10.5. The van der Waals surface area contributed by atoms with Gasteiger partial charge >= 0.3 is 13.7 Å². The van der Waals surface area contributed by atoms with E-state index in [9.17, 15) is 9.36 Å². The van der Waals surface area contributed by atoms with Gasteiger partial charge in [0, 0.05) is 0 Å². The molecule has 6 N–H and O–H groups in total. The Morgan fingerprint density at radius 2 is 1.93 bits per heavy atom. The van der Waals surface area contributed by atoms with Gasteiger partial charge in [-0.1, -0.05) is 6.42 Å². The van der Waals surface area contributed by atoms with Crippen LogP contribution in [0.25, 0.3) is 0 Å². The molecule has 0 spiro atoms. The Labute approximate surface area is 93.7 Å². The molecule has 92 valence electrons. The maximum Gasteiger partial charge on any atom is 0.401 e. The topological polar surface area (TPSA) is 133 Å². The molecule has 0 unspecified atom stereocenters. The second kappa shape index (κ2) is 8.04. The molecule has 7 nitrogen and oxygen atoms in total. The first-order valence-electron chi connectivity index (χ1n) is 4.13. The molecule has 0 saturated heterocycles. The molecule has 0 aliphatic rings. The third-order valence-electron chi connectivity index (χ3n) is 1.57. The standard InChI is InChI=1S/C6H15N2O5P.ClH/c7-4-2-1-3-5(6(9)10)8-14(11,12)13;/h5H,1-4,7H2,(H,9,10)(H3,8,11,12,13);1H/t5-;/m0./s1. The maximum atomic E-state index is 10.5. The molecular weight excluding hydrogens is 247 g/mol. The van der Waals surface area contributed by atoms with Gasteiger partial charge in [0.25, 0.3) is 0 Å². The second-order valence-corrected chi connectivity index (χ2v) is 4.19. The van der Waals surface area contributed by atoms with Gasteiger partial charge in [-0.05, 0) is 19.4 Å². The molecule has 0 saturated carbocycles. The van der Waals surface area contributed by atoms with Crippen LogP contribution in [0.2, 0.25) is 0 Å². The average molecular weight is 263 g/mol. The fourth-order valence-electron chi connectivity index (χ4n) is 0.939. The van der Waals surface area contributed by atoms with Crippen LogP contribution in [-0.2, 0) is 9.36 Å². The highest BCUT2D eigenvalue weighted by Crippen LogP contribution is 2.29. The third kappa shape index (κ3) is 10.1. The molecule has 0 aromatic heterocycles. The van der Waals surface area contributed by atoms with Crippen LogP contribution >= 0.6 is 20.2 Å². The van der Waals surface area contributed by atoms with Gasteiger partial charge in [0.05, 0.1) is 0 Å². The number of carboxylic acids is 1. The molecule has 0 fully saturated rings. The van der Waals surface area contributed by atoms with Gasteiger partial charge in [0.15, 0.2) is 0 Å². The van der Waals surface area contributed by atoms with Crippen molar-refractivity contribution in [2.75, 3.05) is 6.54 Å². The Morgan fingerprint density at radius 1 is 1.40 bits per heavy atom. The summed E-state index contributed by atoms with van der Waals surface area (Å²) in [4.78, 5) is 27.5. The van der Waals surface area contributed by atoms with Gasteiger partial charge in [-0.2, -0.15) is 0 Å². The van der Waals surface area contributed by atoms with E-state index in [0.29, 0.717) is 19.4 Å². The van der Waals surface area contributed by atoms with Crippen LogP contribution in [0, 0.1) is 0 Å². The zero-order chi connectivity index (χ0) is 11.2. The average Bonchev–Trinajstić information content (AvgIpc) is 2.00. The van der Waals surface area contributed by atoms with Crippen LogP contribution in [0.3, 0.4) is 0 Å². The molecule has 0 aliphatic heterocycles. The number of hydrogen-bond donors (Lipinski definition) is 5. The van der Waals surface area contributed by atoms with Crippen molar-refractivity contribution in [2.45, 2.75) is 25.3 Å². The molecule has 0 aliphatic carbocycles. The molecule has 0 radical (unpaired) electrons. The zero-order valence-electron chi connectivity index (χ0n) is 8.00. The van der Waals surface area contributed by atoms with Crippen LogP contribution in [0.4, 0.5) is 0 Å². The van der Waals surface area contributed by atoms with Crippen molar-refractivity contribution in [1.82, 2.24) is 5.09 Å². The lowest BCUT2D eigenvalue weighted by molar-refractivity contribution is -0.139. The first-order valence-corrected chi connectivity index (χ1v) is 5.74. The number of carbonyl (C=O) groups is 1. The molecular formula is C6H16ClN2O5P. The van der Waals surface area contributed by atoms with Gasteiger partial charge in [-0.3, -0.25) is 4.79 Å². The molecule has 1 atom stereocenters. The van der Waals surface area contributed by atoms with E-state index in [-0.39, 0.29) is 18.8 Å². The fourth-order valence-corrected chi connectivity index (χ4v) is 1.58. The Hall–Kier alpha value is -0.170. The summed E-state index contributed by atoms with van der Waals surface area (Å²) >= 11 is 0. The van der Waals surface area contributed by atoms with Crippen molar-refractivity contribution in [3.05, 3.63) is 0 Å². The molecule has 0 rings (SSSR count). The van der Waals surface area contributed by atoms with E-state index in [1.165, 1.54) is 0 Å². The number of halogens is 1. The minimum absolute atomic E-state index is 0. The number of carboxylic acid groups (broad SMARTS) is 1. The molecule has 0 aromatic rings. The predicted octanol–water partition coefficient (Wildman–Crippen LogP) is -0.327. The zero-order valence-corrected chi connectivity index (χ0v) is 9.71. The summed E-state index contributed by atoms with van der Waals surface area (Å²) in [7, 11) is -4.49. The number of hydrogen-bond acceptors (Lipinski definition) is 3. The van der Waals surface area contributed by atoms with Crippen LogP contribution in [-0.4, -0.2) is 33.4 Å². The minimum Gasteiger partial charge on any atom is -0.480 e. The third-order valence-corrected chi connectivity index (χ3v) is 2.22. The lowest BCUT2D eigenvalue weighted by Gasteiger charge is -2.14. The van der Waals surface area contributed by atoms with E-state index < -0.39 is 19.8 Å². The molecule has 0 bridgehead atoms. The Bertz CT molecular complexity index is 234. The number of rotatable bonds is 7. The van der Waals surface area contributed by atoms with Gasteiger partial charge in [-0.25, -0.2) is 9.65 Å². The van der Waals surface area contributed by atoms with Crippen LogP contribution in [0.15, 0.2) is 0 Å². The van der Waals surface area contributed by atoms with Crippen molar-refractivity contribution in [3.63, 3.8) is 0 Å². The monoisotopic (exact) mass is 262 g/mol. The molecule has 0 amide bonds. The summed E-state index contributed by atoms with van der Waals surface area (Å²) in [5.41, 5.74) is 5.20. The van der Waals surface area contributed by atoms with E-state index in [0.717, 1.165) is 0 Å². The fraction of sp³-hybridized carbons (Fsp3) is 0.833. The number of unbranched alkanes of at least 4 members (excludes halogenated alkanes) is 1. The van der Waals surface area contributed by atoms with Gasteiger partial charge in [0.2, 0.25) is 0 Å². The summed E-state index contributed by atoms with van der Waals surface area (Å²) in [6, 6.07) is -1.22. The van der Waals surface area contributed by atoms with Gasteiger partial charge < -0.3 is 20.6 Å². The molecule has 9 heteroatoms. The van der Waals surface area contributed by atoms with Crippen LogP contribution in [0.5, 0.6) is 0 Å². The molecule has 0 aromatic carbocycles. The number of aliphatic carboxylic acids is 1. The van der Waals surface area contributed by atoms with Crippen molar-refractivity contribution in [1.29, 1.82) is 0 Å². The minimum atomic E-state index is -4.49. The second-order valence-electron chi connectivity index (χ2n) is 2.85. The van der Waals surface area contributed by atoms with Gasteiger partial charge in [-0.15, -0.1) is 12.4 Å². The van der Waals surface area contributed by atoms with Crippen LogP contribution in [0.1, 0.15) is 19.3 Å². The van der Waals surface area contributed by atoms with Crippen molar-refractivity contribution < 1.29 is 24.3 Å². The first kappa shape index (κ1) is 17.2. The Morgan fingerprint density at radius 3 is 2.27 bits per heavy atom. The van der Waals surface area contributed by atoms with E-state index in [1.54, 1.807) is 5.09 Å². The Balaban J connectivity index is 0. The predicted molar refractivity (Wildman–Crippen MR) is 56.8 cm³/mol. The lowest BCUT2D eigenvalue weighted by atomic mass is 10.1. The summed E-state index contributed by atoms with van der Waals surface area (Å²) in [5, 5.41) is 10.3. The van der Waals surface area contributed by atoms with Crippen molar-refractivity contribution in [3.8, 4) is 0 Å². The number of nitrogens with two attached hydrogens (primary N) is 1. The number of nitrogens with one attached hydrogen (secondary N) is 1. The summed E-state index contributed by atoms with van der Waals surface area (Å²) < 4.78 is 10.5. The SMILES string of the molecule is Cl.NCCCC[C@H](NP(=O)(O)O)C(=O)O. The van der Waals surface area contributed by atoms with E-state index in [4.69, 9.17) is 20.6 Å². The lowest BCUT2D eigenvalue weighted by Crippen LogP contribution is -2.34. The summed E-state index contributed by atoms with van der Waals surface area (Å²) in [6.07, 6.45) is 1.30. The van der Waals surface area contributed by atoms with Gasteiger partial charge in [0.1, 0.15) is 6.04 Å². The smallest absolute Gasteiger partial charge is 0.401 e. The highest BCUT2D eigenvalue weighted by atomic mass is 35.5. The molecule has 15 heavy (non-hydrogen) atoms. The van der Waals surface area contributed by atoms with Crippen LogP contribution < -0.4 is 10.8 Å². The van der Waals surface area contributed by atoms with E-state index in [2.05, 4.69) is 0 Å². The summed E-state index contributed by atoms with van der Waals surface area (Å²) in [5.74, 6) is -1.27. The highest BCUT2D eigenvalue weighted by Gasteiger charge is 2.24. The van der Waals surface area contributed by atoms with E-state index >= 15 is 0 Å². The molecule has 0 heterocycles. The largest absolute Gasteiger partial charge is 0.480 e. The van der Waals surface area contributed by atoms with Crippen molar-refractivity contribution >= 4 is 26.1 Å². The van der Waals surface area contributed by atoms with Crippen molar-refractivity contribution in [2.24, 2.45) is 5.73 Å². The Kier molecular flexibility index (Phi) is 9.23. The first-order chi connectivity index (χ1) is 6.37. The normalized spacial score (nSPS) is 13.0. The quantitative estimate of drug-likeness (QED) is 0.313. The highest BCUT2D eigenvalue weighted by molar-refractivity contribution is 7.49.